The molecule has 1 saturated carbocycles. The standard InChI is InChI=1S/C13H14F2O2/c1-12(14,15)9-3-2-4-10(7-9)13(5-6-13)8-11(16)17/h2-4,7H,5-6,8H2,1H3,(H,16,17). The smallest absolute Gasteiger partial charge is 0.304 e. The van der Waals surface area contributed by atoms with Crippen molar-refractivity contribution in [2.24, 2.45) is 0 Å². The first kappa shape index (κ1) is 12.0. The molecule has 2 rings (SSSR count). The summed E-state index contributed by atoms with van der Waals surface area (Å²) in [6, 6.07) is 6.13. The van der Waals surface area contributed by atoms with E-state index in [4.69, 9.17) is 5.11 Å². The van der Waals surface area contributed by atoms with Gasteiger partial charge in [-0.1, -0.05) is 18.2 Å². The zero-order valence-corrected chi connectivity index (χ0v) is 9.54. The lowest BCUT2D eigenvalue weighted by Crippen LogP contribution is -2.15. The summed E-state index contributed by atoms with van der Waals surface area (Å²) in [6.45, 7) is 0.850. The van der Waals surface area contributed by atoms with Gasteiger partial charge in [0.1, 0.15) is 0 Å². The molecule has 0 heterocycles. The van der Waals surface area contributed by atoms with E-state index in [-0.39, 0.29) is 12.0 Å². The summed E-state index contributed by atoms with van der Waals surface area (Å²) in [5.74, 6) is -3.76. The highest BCUT2D eigenvalue weighted by molar-refractivity contribution is 5.70. The van der Waals surface area contributed by atoms with Crippen molar-refractivity contribution in [2.45, 2.75) is 37.5 Å². The van der Waals surface area contributed by atoms with Crippen LogP contribution >= 0.6 is 0 Å². The van der Waals surface area contributed by atoms with E-state index in [1.165, 1.54) is 12.1 Å². The molecule has 0 amide bonds. The summed E-state index contributed by atoms with van der Waals surface area (Å²) >= 11 is 0. The summed E-state index contributed by atoms with van der Waals surface area (Å²) < 4.78 is 26.4. The van der Waals surface area contributed by atoms with Crippen molar-refractivity contribution in [3.8, 4) is 0 Å². The second-order valence-electron chi connectivity index (χ2n) is 4.82. The topological polar surface area (TPSA) is 37.3 Å². The highest BCUT2D eigenvalue weighted by atomic mass is 19.3. The van der Waals surface area contributed by atoms with E-state index in [0.717, 1.165) is 25.3 Å². The lowest BCUT2D eigenvalue weighted by atomic mass is 9.90. The molecule has 0 atom stereocenters. The van der Waals surface area contributed by atoms with Gasteiger partial charge in [-0.2, -0.15) is 0 Å². The number of hydrogen-bond acceptors (Lipinski definition) is 1. The van der Waals surface area contributed by atoms with Gasteiger partial charge in [0.25, 0.3) is 5.92 Å². The molecule has 4 heteroatoms. The largest absolute Gasteiger partial charge is 0.481 e. The minimum atomic E-state index is -2.88. The molecule has 0 radical (unpaired) electrons. The van der Waals surface area contributed by atoms with Crippen LogP contribution in [0.2, 0.25) is 0 Å². The van der Waals surface area contributed by atoms with Gasteiger partial charge in [0.2, 0.25) is 0 Å². The summed E-state index contributed by atoms with van der Waals surface area (Å²) in [5, 5.41) is 8.83. The Morgan fingerprint density at radius 2 is 2.12 bits per heavy atom. The van der Waals surface area contributed by atoms with E-state index in [1.54, 1.807) is 12.1 Å². The van der Waals surface area contributed by atoms with Gasteiger partial charge in [0, 0.05) is 17.9 Å². The van der Waals surface area contributed by atoms with Crippen molar-refractivity contribution in [3.05, 3.63) is 35.4 Å². The van der Waals surface area contributed by atoms with Gasteiger partial charge in [0.05, 0.1) is 6.42 Å². The fourth-order valence-corrected chi connectivity index (χ4v) is 2.13. The molecule has 17 heavy (non-hydrogen) atoms. The van der Waals surface area contributed by atoms with Crippen molar-refractivity contribution in [1.82, 2.24) is 0 Å². The monoisotopic (exact) mass is 240 g/mol. The van der Waals surface area contributed by atoms with E-state index in [0.29, 0.717) is 0 Å². The highest BCUT2D eigenvalue weighted by Crippen LogP contribution is 2.51. The van der Waals surface area contributed by atoms with Crippen LogP contribution in [0, 0.1) is 0 Å². The predicted octanol–water partition coefficient (Wildman–Crippen LogP) is 3.30. The average Bonchev–Trinajstić information content (AvgIpc) is 2.97. The van der Waals surface area contributed by atoms with Gasteiger partial charge < -0.3 is 5.11 Å². The lowest BCUT2D eigenvalue weighted by molar-refractivity contribution is -0.137. The molecule has 1 fully saturated rings. The number of benzene rings is 1. The maximum atomic E-state index is 13.2. The van der Waals surface area contributed by atoms with Crippen LogP contribution in [0.15, 0.2) is 24.3 Å². The average molecular weight is 240 g/mol. The van der Waals surface area contributed by atoms with Crippen molar-refractivity contribution in [2.75, 3.05) is 0 Å². The summed E-state index contributed by atoms with van der Waals surface area (Å²) in [6.07, 6.45) is 1.54. The first-order valence-corrected chi connectivity index (χ1v) is 5.54. The van der Waals surface area contributed by atoms with E-state index in [1.807, 2.05) is 0 Å². The SMILES string of the molecule is CC(F)(F)c1cccc(C2(CC(=O)O)CC2)c1. The van der Waals surface area contributed by atoms with Crippen LogP contribution in [0.1, 0.15) is 37.3 Å². The summed E-state index contributed by atoms with van der Waals surface area (Å²) in [4.78, 5) is 10.8. The number of hydrogen-bond donors (Lipinski definition) is 1. The summed E-state index contributed by atoms with van der Waals surface area (Å²) in [7, 11) is 0. The second-order valence-corrected chi connectivity index (χ2v) is 4.82. The highest BCUT2D eigenvalue weighted by Gasteiger charge is 2.46. The normalized spacial score (nSPS) is 17.8. The first-order valence-electron chi connectivity index (χ1n) is 5.54. The second kappa shape index (κ2) is 3.79. The fourth-order valence-electron chi connectivity index (χ4n) is 2.13. The number of aliphatic carboxylic acids is 1. The molecule has 92 valence electrons. The van der Waals surface area contributed by atoms with Crippen LogP contribution in [0.25, 0.3) is 0 Å². The van der Waals surface area contributed by atoms with Crippen molar-refractivity contribution in [3.63, 3.8) is 0 Å². The predicted molar refractivity (Wildman–Crippen MR) is 59.2 cm³/mol. The van der Waals surface area contributed by atoms with Crippen LogP contribution in [0.3, 0.4) is 0 Å². The molecular formula is C13H14F2O2. The third kappa shape index (κ3) is 2.46. The molecule has 1 N–H and O–H groups in total. The van der Waals surface area contributed by atoms with Crippen molar-refractivity contribution < 1.29 is 18.7 Å². The van der Waals surface area contributed by atoms with E-state index < -0.39 is 17.3 Å². The first-order chi connectivity index (χ1) is 7.83. The molecule has 1 aliphatic rings. The molecule has 0 saturated heterocycles. The van der Waals surface area contributed by atoms with Gasteiger partial charge in [0.15, 0.2) is 0 Å². The number of alkyl halides is 2. The third-order valence-corrected chi connectivity index (χ3v) is 3.33. The van der Waals surface area contributed by atoms with Crippen LogP contribution in [0.4, 0.5) is 8.78 Å². The van der Waals surface area contributed by atoms with Crippen molar-refractivity contribution >= 4 is 5.97 Å². The molecular weight excluding hydrogens is 226 g/mol. The Labute approximate surface area is 98.3 Å². The molecule has 0 aliphatic heterocycles. The Balaban J connectivity index is 2.31. The van der Waals surface area contributed by atoms with Crippen LogP contribution in [0.5, 0.6) is 0 Å². The van der Waals surface area contributed by atoms with Crippen LogP contribution in [-0.4, -0.2) is 11.1 Å². The molecule has 1 aliphatic carbocycles. The molecule has 0 spiro atoms. The van der Waals surface area contributed by atoms with Gasteiger partial charge in [-0.3, -0.25) is 4.79 Å². The van der Waals surface area contributed by atoms with Gasteiger partial charge in [-0.05, 0) is 24.5 Å². The molecule has 1 aromatic carbocycles. The van der Waals surface area contributed by atoms with E-state index in [9.17, 15) is 13.6 Å². The van der Waals surface area contributed by atoms with E-state index in [2.05, 4.69) is 0 Å². The molecule has 2 nitrogen and oxygen atoms in total. The maximum absolute atomic E-state index is 13.2. The number of carbonyl (C=O) groups is 1. The minimum Gasteiger partial charge on any atom is -0.481 e. The van der Waals surface area contributed by atoms with Crippen LogP contribution < -0.4 is 0 Å². The lowest BCUT2D eigenvalue weighted by Gasteiger charge is -2.17. The minimum absolute atomic E-state index is 0.0196. The van der Waals surface area contributed by atoms with Gasteiger partial charge in [-0.15, -0.1) is 0 Å². The number of rotatable bonds is 4. The fraction of sp³-hybridized carbons (Fsp3) is 0.462. The molecule has 0 aromatic heterocycles. The molecule has 1 aromatic rings. The van der Waals surface area contributed by atoms with Gasteiger partial charge in [-0.25, -0.2) is 8.78 Å². The van der Waals surface area contributed by atoms with Gasteiger partial charge >= 0.3 is 5.97 Å². The Morgan fingerprint density at radius 1 is 1.47 bits per heavy atom. The quantitative estimate of drug-likeness (QED) is 0.876. The number of carboxylic acid groups (broad SMARTS) is 1. The molecule has 0 bridgehead atoms. The van der Waals surface area contributed by atoms with E-state index >= 15 is 0 Å². The van der Waals surface area contributed by atoms with Crippen molar-refractivity contribution in [1.29, 1.82) is 0 Å². The third-order valence-electron chi connectivity index (χ3n) is 3.33. The zero-order valence-electron chi connectivity index (χ0n) is 9.54. The maximum Gasteiger partial charge on any atom is 0.304 e. The zero-order chi connectivity index (χ0) is 12.7. The Hall–Kier alpha value is -1.45. The Morgan fingerprint density at radius 3 is 2.59 bits per heavy atom. The number of halogens is 2. The summed E-state index contributed by atoms with van der Waals surface area (Å²) in [5.41, 5.74) is 0.262. The molecule has 0 unspecified atom stereocenters. The number of carboxylic acids is 1. The Bertz CT molecular complexity index is 445. The Kier molecular flexibility index (Phi) is 2.68. The van der Waals surface area contributed by atoms with Crippen LogP contribution in [-0.2, 0) is 16.1 Å².